The standard InChI is InChI=1S/C27H46O2/c1-5-27(29)16-14-21-20(17-27)9-10-23-22(21)13-15-26(4)24(11-12-25(23)26)18(2)7-6-8-19(3)28/h9,18-19,21-25,28-29H,5-8,10-17H2,1-4H3/t18-,19+,21+,22-,23-,24-,25+,26-,27+/m1/s1. The Morgan fingerprint density at radius 3 is 2.59 bits per heavy atom. The highest BCUT2D eigenvalue weighted by molar-refractivity contribution is 5.22. The zero-order valence-electron chi connectivity index (χ0n) is 19.5. The van der Waals surface area contributed by atoms with Crippen LogP contribution in [-0.2, 0) is 0 Å². The van der Waals surface area contributed by atoms with Gasteiger partial charge in [-0.15, -0.1) is 0 Å². The minimum atomic E-state index is -0.418. The second kappa shape index (κ2) is 8.30. The van der Waals surface area contributed by atoms with Gasteiger partial charge in [-0.1, -0.05) is 45.3 Å². The Morgan fingerprint density at radius 2 is 1.86 bits per heavy atom. The van der Waals surface area contributed by atoms with Crippen LogP contribution in [0.15, 0.2) is 11.6 Å². The quantitative estimate of drug-likeness (QED) is 0.498. The minimum Gasteiger partial charge on any atom is -0.393 e. The van der Waals surface area contributed by atoms with Gasteiger partial charge in [0.15, 0.2) is 0 Å². The molecule has 9 atom stereocenters. The average molecular weight is 403 g/mol. The lowest BCUT2D eigenvalue weighted by Crippen LogP contribution is -2.48. The smallest absolute Gasteiger partial charge is 0.0682 e. The Bertz CT molecular complexity index is 610. The van der Waals surface area contributed by atoms with Crippen LogP contribution in [0, 0.1) is 40.9 Å². The fraction of sp³-hybridized carbons (Fsp3) is 0.926. The van der Waals surface area contributed by atoms with Crippen molar-refractivity contribution in [2.45, 2.75) is 116 Å². The van der Waals surface area contributed by atoms with Crippen LogP contribution in [0.5, 0.6) is 0 Å². The first-order valence-corrected chi connectivity index (χ1v) is 12.9. The fourth-order valence-corrected chi connectivity index (χ4v) is 8.58. The molecule has 0 heterocycles. The van der Waals surface area contributed by atoms with Gasteiger partial charge in [-0.25, -0.2) is 0 Å². The molecule has 4 rings (SSSR count). The summed E-state index contributed by atoms with van der Waals surface area (Å²) in [5, 5.41) is 20.5. The van der Waals surface area contributed by atoms with E-state index in [0.29, 0.717) is 5.41 Å². The number of rotatable bonds is 6. The average Bonchev–Trinajstić information content (AvgIpc) is 3.04. The molecule has 0 unspecified atom stereocenters. The summed E-state index contributed by atoms with van der Waals surface area (Å²) >= 11 is 0. The molecule has 4 aliphatic rings. The van der Waals surface area contributed by atoms with Crippen molar-refractivity contribution in [1.82, 2.24) is 0 Å². The fourth-order valence-electron chi connectivity index (χ4n) is 8.58. The first-order chi connectivity index (χ1) is 13.8. The lowest BCUT2D eigenvalue weighted by Gasteiger charge is -2.55. The van der Waals surface area contributed by atoms with Gasteiger partial charge in [0.05, 0.1) is 11.7 Å². The van der Waals surface area contributed by atoms with Crippen LogP contribution >= 0.6 is 0 Å². The summed E-state index contributed by atoms with van der Waals surface area (Å²) in [6.45, 7) is 9.22. The molecule has 166 valence electrons. The molecule has 0 radical (unpaired) electrons. The summed E-state index contributed by atoms with van der Waals surface area (Å²) in [4.78, 5) is 0. The molecule has 0 aromatic carbocycles. The van der Waals surface area contributed by atoms with Crippen LogP contribution < -0.4 is 0 Å². The molecular formula is C27H46O2. The third kappa shape index (κ3) is 3.98. The van der Waals surface area contributed by atoms with Crippen molar-refractivity contribution < 1.29 is 10.2 Å². The maximum Gasteiger partial charge on any atom is 0.0682 e. The van der Waals surface area contributed by atoms with Gasteiger partial charge in [0.25, 0.3) is 0 Å². The molecule has 0 saturated heterocycles. The highest BCUT2D eigenvalue weighted by Gasteiger charge is 2.57. The van der Waals surface area contributed by atoms with Gasteiger partial charge >= 0.3 is 0 Å². The molecule has 0 aliphatic heterocycles. The highest BCUT2D eigenvalue weighted by Crippen LogP contribution is 2.65. The third-order valence-electron chi connectivity index (χ3n) is 10.3. The van der Waals surface area contributed by atoms with Crippen LogP contribution in [-0.4, -0.2) is 21.9 Å². The number of hydrogen-bond acceptors (Lipinski definition) is 2. The van der Waals surface area contributed by atoms with E-state index in [-0.39, 0.29) is 6.10 Å². The van der Waals surface area contributed by atoms with Crippen molar-refractivity contribution >= 4 is 0 Å². The summed E-state index contributed by atoms with van der Waals surface area (Å²) in [6.07, 6.45) is 16.9. The number of aliphatic hydroxyl groups excluding tert-OH is 1. The third-order valence-corrected chi connectivity index (χ3v) is 10.3. The van der Waals surface area contributed by atoms with E-state index < -0.39 is 5.60 Å². The predicted molar refractivity (Wildman–Crippen MR) is 121 cm³/mol. The van der Waals surface area contributed by atoms with Crippen molar-refractivity contribution in [2.24, 2.45) is 40.9 Å². The zero-order chi connectivity index (χ0) is 20.8. The van der Waals surface area contributed by atoms with Crippen molar-refractivity contribution in [3.8, 4) is 0 Å². The molecule has 0 spiro atoms. The van der Waals surface area contributed by atoms with Gasteiger partial charge in [0.2, 0.25) is 0 Å². The number of hydrogen-bond donors (Lipinski definition) is 2. The van der Waals surface area contributed by atoms with Gasteiger partial charge in [-0.2, -0.15) is 0 Å². The van der Waals surface area contributed by atoms with E-state index in [1.165, 1.54) is 51.4 Å². The van der Waals surface area contributed by atoms with E-state index in [9.17, 15) is 10.2 Å². The molecule has 3 fully saturated rings. The maximum atomic E-state index is 10.9. The molecular weight excluding hydrogens is 356 g/mol. The van der Waals surface area contributed by atoms with Crippen molar-refractivity contribution in [2.75, 3.05) is 0 Å². The van der Waals surface area contributed by atoms with E-state index >= 15 is 0 Å². The van der Waals surface area contributed by atoms with Gasteiger partial charge in [-0.3, -0.25) is 0 Å². The second-order valence-corrected chi connectivity index (χ2v) is 11.8. The van der Waals surface area contributed by atoms with Gasteiger partial charge in [-0.05, 0) is 112 Å². The summed E-state index contributed by atoms with van der Waals surface area (Å²) in [5.41, 5.74) is 1.74. The summed E-state index contributed by atoms with van der Waals surface area (Å²) in [6, 6.07) is 0. The lowest BCUT2D eigenvalue weighted by molar-refractivity contribution is -0.0461. The normalized spacial score (nSPS) is 46.3. The van der Waals surface area contributed by atoms with Crippen LogP contribution in [0.2, 0.25) is 0 Å². The predicted octanol–water partition coefficient (Wildman–Crippen LogP) is 6.50. The van der Waals surface area contributed by atoms with Gasteiger partial charge in [0, 0.05) is 0 Å². The van der Waals surface area contributed by atoms with Crippen molar-refractivity contribution in [1.29, 1.82) is 0 Å². The van der Waals surface area contributed by atoms with Crippen LogP contribution in [0.4, 0.5) is 0 Å². The molecule has 29 heavy (non-hydrogen) atoms. The Balaban J connectivity index is 1.45. The van der Waals surface area contributed by atoms with Crippen molar-refractivity contribution in [3.05, 3.63) is 11.6 Å². The lowest BCUT2D eigenvalue weighted by atomic mass is 9.50. The Morgan fingerprint density at radius 1 is 1.07 bits per heavy atom. The highest BCUT2D eigenvalue weighted by atomic mass is 16.3. The van der Waals surface area contributed by atoms with Gasteiger partial charge < -0.3 is 10.2 Å². The summed E-state index contributed by atoms with van der Waals surface area (Å²) in [7, 11) is 0. The molecule has 0 amide bonds. The summed E-state index contributed by atoms with van der Waals surface area (Å²) in [5.74, 6) is 5.14. The molecule has 0 aromatic heterocycles. The SMILES string of the molecule is CC[C@]1(O)CC[C@H]2C(=CC[C@@H]3[C@@H]2CC[C@]2(C)[C@@H]([C@H](C)CCC[C@H](C)O)CC[C@@H]32)C1. The van der Waals surface area contributed by atoms with E-state index in [1.54, 1.807) is 5.57 Å². The van der Waals surface area contributed by atoms with Crippen LogP contribution in [0.1, 0.15) is 105 Å². The van der Waals surface area contributed by atoms with Crippen molar-refractivity contribution in [3.63, 3.8) is 0 Å². The molecule has 4 aliphatic carbocycles. The molecule has 3 saturated carbocycles. The Hall–Kier alpha value is -0.340. The molecule has 2 nitrogen and oxygen atoms in total. The van der Waals surface area contributed by atoms with E-state index in [4.69, 9.17) is 0 Å². The first kappa shape index (κ1) is 21.9. The van der Waals surface area contributed by atoms with E-state index in [2.05, 4.69) is 26.8 Å². The topological polar surface area (TPSA) is 40.5 Å². The monoisotopic (exact) mass is 402 g/mol. The number of allylic oxidation sites excluding steroid dienone is 1. The largest absolute Gasteiger partial charge is 0.393 e. The Labute approximate surface area is 179 Å². The molecule has 2 N–H and O–H groups in total. The van der Waals surface area contributed by atoms with Crippen LogP contribution in [0.25, 0.3) is 0 Å². The van der Waals surface area contributed by atoms with Gasteiger partial charge in [0.1, 0.15) is 0 Å². The Kier molecular flexibility index (Phi) is 6.26. The van der Waals surface area contributed by atoms with E-state index in [1.807, 2.05) is 6.92 Å². The molecule has 2 heteroatoms. The maximum absolute atomic E-state index is 10.9. The zero-order valence-corrected chi connectivity index (χ0v) is 19.5. The molecule has 0 bridgehead atoms. The van der Waals surface area contributed by atoms with E-state index in [0.717, 1.165) is 61.2 Å². The van der Waals surface area contributed by atoms with Crippen LogP contribution in [0.3, 0.4) is 0 Å². The number of fused-ring (bicyclic) bond motifs is 5. The summed E-state index contributed by atoms with van der Waals surface area (Å²) < 4.78 is 0. The number of aliphatic hydroxyl groups is 2. The minimum absolute atomic E-state index is 0.145. The molecule has 0 aromatic rings. The first-order valence-electron chi connectivity index (χ1n) is 12.9. The second-order valence-electron chi connectivity index (χ2n) is 11.8.